The van der Waals surface area contributed by atoms with Crippen LogP contribution in [0.2, 0.25) is 0 Å². The van der Waals surface area contributed by atoms with Gasteiger partial charge >= 0.3 is 0 Å². The Balaban J connectivity index is 1.88. The number of nitrogens with zero attached hydrogens (tertiary/aromatic N) is 4. The standard InChI is InChI=1S/C17H26FN9O4S2/c18-12-9-27(6-4-10(12)7-19)13-1-2-14(33(30,31)24-11-3-5-21-8-11)16(32(20,28)29)15(13)17-22-25-26-23-17/h1-2,10-12,21,24H,3-9,19H2,(H2,20,28,29)(H,22,23,25,26)/t10-,11+,12-/m0/s1. The van der Waals surface area contributed by atoms with Crippen molar-refractivity contribution in [2.75, 3.05) is 37.6 Å². The van der Waals surface area contributed by atoms with Gasteiger partial charge in [-0.1, -0.05) is 0 Å². The highest BCUT2D eigenvalue weighted by Gasteiger charge is 2.36. The minimum absolute atomic E-state index is 0.0606. The fourth-order valence-corrected chi connectivity index (χ4v) is 7.14. The maximum Gasteiger partial charge on any atom is 0.242 e. The van der Waals surface area contributed by atoms with Gasteiger partial charge in [-0.05, 0) is 43.3 Å². The van der Waals surface area contributed by atoms with E-state index >= 15 is 0 Å². The zero-order valence-electron chi connectivity index (χ0n) is 17.6. The van der Waals surface area contributed by atoms with E-state index in [4.69, 9.17) is 10.9 Å². The van der Waals surface area contributed by atoms with E-state index in [2.05, 4.69) is 30.7 Å². The molecule has 13 nitrogen and oxygen atoms in total. The molecule has 0 unspecified atom stereocenters. The molecular weight excluding hydrogens is 477 g/mol. The molecule has 33 heavy (non-hydrogen) atoms. The third-order valence-corrected chi connectivity index (χ3v) is 8.63. The molecule has 3 atom stereocenters. The number of primary sulfonamides is 1. The maximum atomic E-state index is 14.7. The second-order valence-corrected chi connectivity index (χ2v) is 11.3. The molecule has 0 radical (unpaired) electrons. The zero-order valence-corrected chi connectivity index (χ0v) is 19.2. The molecule has 2 fully saturated rings. The molecule has 2 aliphatic heterocycles. The third kappa shape index (κ3) is 4.85. The molecule has 0 spiro atoms. The van der Waals surface area contributed by atoms with Gasteiger partial charge < -0.3 is 16.0 Å². The van der Waals surface area contributed by atoms with E-state index in [9.17, 15) is 21.2 Å². The Labute approximate surface area is 190 Å². The number of benzene rings is 1. The number of anilines is 1. The number of hydrogen-bond donors (Lipinski definition) is 5. The second kappa shape index (κ2) is 9.19. The van der Waals surface area contributed by atoms with Crippen molar-refractivity contribution in [1.82, 2.24) is 30.7 Å². The monoisotopic (exact) mass is 503 g/mol. The van der Waals surface area contributed by atoms with E-state index < -0.39 is 42.1 Å². The number of aromatic nitrogens is 4. The minimum Gasteiger partial charge on any atom is -0.368 e. The molecule has 0 saturated carbocycles. The first-order chi connectivity index (χ1) is 15.6. The van der Waals surface area contributed by atoms with Crippen molar-refractivity contribution < 1.29 is 21.2 Å². The number of H-pyrrole nitrogens is 1. The smallest absolute Gasteiger partial charge is 0.242 e. The van der Waals surface area contributed by atoms with E-state index in [1.807, 2.05) is 0 Å². The van der Waals surface area contributed by atoms with Crippen molar-refractivity contribution in [2.24, 2.45) is 16.8 Å². The summed E-state index contributed by atoms with van der Waals surface area (Å²) in [5.74, 6) is -0.499. The van der Waals surface area contributed by atoms with Crippen LogP contribution < -0.4 is 25.8 Å². The molecule has 1 aromatic heterocycles. The lowest BCUT2D eigenvalue weighted by molar-refractivity contribution is 0.202. The van der Waals surface area contributed by atoms with Gasteiger partial charge in [0, 0.05) is 37.3 Å². The third-order valence-electron chi connectivity index (χ3n) is 5.94. The summed E-state index contributed by atoms with van der Waals surface area (Å²) in [7, 11) is -8.88. The molecule has 2 aromatic rings. The number of aromatic amines is 1. The van der Waals surface area contributed by atoms with Gasteiger partial charge in [0.25, 0.3) is 0 Å². The zero-order chi connectivity index (χ0) is 23.8. The van der Waals surface area contributed by atoms with Crippen LogP contribution in [0.5, 0.6) is 0 Å². The molecule has 4 rings (SSSR count). The summed E-state index contributed by atoms with van der Waals surface area (Å²) < 4.78 is 69.0. The fourth-order valence-electron chi connectivity index (χ4n) is 4.27. The summed E-state index contributed by atoms with van der Waals surface area (Å²) in [6.07, 6.45) is -0.266. The first-order valence-corrected chi connectivity index (χ1v) is 13.4. The maximum absolute atomic E-state index is 14.7. The molecule has 2 saturated heterocycles. The van der Waals surface area contributed by atoms with Gasteiger partial charge in [-0.25, -0.2) is 31.1 Å². The lowest BCUT2D eigenvalue weighted by Crippen LogP contribution is -2.44. The fraction of sp³-hybridized carbons (Fsp3) is 0.588. The van der Waals surface area contributed by atoms with Crippen LogP contribution in [0.4, 0.5) is 10.1 Å². The quantitative estimate of drug-likeness (QED) is 0.289. The molecule has 0 aliphatic carbocycles. The number of nitrogens with two attached hydrogens (primary N) is 2. The summed E-state index contributed by atoms with van der Waals surface area (Å²) in [5.41, 5.74) is 5.72. The SMILES string of the molecule is NC[C@@H]1CCN(c2ccc(S(=O)(=O)N[C@@H]3CCNC3)c(S(N)(=O)=O)c2-c2nn[nH]n2)C[C@@H]1F. The minimum atomic E-state index is -4.59. The molecule has 182 valence electrons. The van der Waals surface area contributed by atoms with Crippen LogP contribution in [0.1, 0.15) is 12.8 Å². The van der Waals surface area contributed by atoms with Crippen molar-refractivity contribution >= 4 is 25.7 Å². The van der Waals surface area contributed by atoms with Crippen molar-refractivity contribution in [3.05, 3.63) is 12.1 Å². The molecule has 3 heterocycles. The van der Waals surface area contributed by atoms with Gasteiger partial charge in [-0.3, -0.25) is 0 Å². The van der Waals surface area contributed by atoms with Gasteiger partial charge in [-0.2, -0.15) is 5.21 Å². The highest BCUT2D eigenvalue weighted by Crippen LogP contribution is 2.39. The van der Waals surface area contributed by atoms with Crippen LogP contribution in [-0.4, -0.2) is 82.4 Å². The Kier molecular flexibility index (Phi) is 6.66. The average Bonchev–Trinajstić information content (AvgIpc) is 3.46. The summed E-state index contributed by atoms with van der Waals surface area (Å²) in [6, 6.07) is 2.17. The molecular formula is C17H26FN9O4S2. The predicted molar refractivity (Wildman–Crippen MR) is 117 cm³/mol. The number of piperidine rings is 1. The van der Waals surface area contributed by atoms with Crippen LogP contribution in [0, 0.1) is 5.92 Å². The van der Waals surface area contributed by atoms with E-state index in [1.54, 1.807) is 4.90 Å². The van der Waals surface area contributed by atoms with Gasteiger partial charge in [0.2, 0.25) is 25.9 Å². The van der Waals surface area contributed by atoms with E-state index in [0.717, 1.165) is 6.07 Å². The molecule has 7 N–H and O–H groups in total. The highest BCUT2D eigenvalue weighted by atomic mass is 32.2. The Morgan fingerprint density at radius 1 is 1.24 bits per heavy atom. The molecule has 0 amide bonds. The molecule has 0 bridgehead atoms. The Morgan fingerprint density at radius 3 is 2.61 bits per heavy atom. The average molecular weight is 504 g/mol. The number of sulfonamides is 2. The summed E-state index contributed by atoms with van der Waals surface area (Å²) in [6.45, 7) is 1.54. The Bertz CT molecular complexity index is 1200. The van der Waals surface area contributed by atoms with E-state index in [0.29, 0.717) is 32.5 Å². The van der Waals surface area contributed by atoms with Crippen molar-refractivity contribution in [2.45, 2.75) is 34.8 Å². The van der Waals surface area contributed by atoms with Crippen molar-refractivity contribution in [3.63, 3.8) is 0 Å². The van der Waals surface area contributed by atoms with Crippen LogP contribution >= 0.6 is 0 Å². The van der Waals surface area contributed by atoms with Gasteiger partial charge in [0.05, 0.1) is 5.56 Å². The summed E-state index contributed by atoms with van der Waals surface area (Å²) in [4.78, 5) is 0.410. The number of nitrogens with one attached hydrogen (secondary N) is 3. The van der Waals surface area contributed by atoms with Crippen molar-refractivity contribution in [3.8, 4) is 11.4 Å². The van der Waals surface area contributed by atoms with Crippen LogP contribution in [0.25, 0.3) is 11.4 Å². The van der Waals surface area contributed by atoms with E-state index in [-0.39, 0.29) is 36.1 Å². The number of tetrazole rings is 1. The lowest BCUT2D eigenvalue weighted by Gasteiger charge is -2.36. The number of alkyl halides is 1. The molecule has 2 aliphatic rings. The number of halogens is 1. The predicted octanol–water partition coefficient (Wildman–Crippen LogP) is -1.72. The topological polar surface area (TPSA) is 202 Å². The largest absolute Gasteiger partial charge is 0.368 e. The molecule has 16 heteroatoms. The van der Waals surface area contributed by atoms with Gasteiger partial charge in [0.15, 0.2) is 0 Å². The van der Waals surface area contributed by atoms with Crippen LogP contribution in [-0.2, 0) is 20.0 Å². The first kappa shape index (κ1) is 23.9. The van der Waals surface area contributed by atoms with Gasteiger partial charge in [0.1, 0.15) is 16.0 Å². The Hall–Kier alpha value is -2.24. The van der Waals surface area contributed by atoms with Gasteiger partial charge in [-0.15, -0.1) is 10.2 Å². The highest BCUT2D eigenvalue weighted by molar-refractivity contribution is 7.92. The normalized spacial score (nSPS) is 24.3. The first-order valence-electron chi connectivity index (χ1n) is 10.4. The van der Waals surface area contributed by atoms with E-state index in [1.165, 1.54) is 6.07 Å². The van der Waals surface area contributed by atoms with Crippen LogP contribution in [0.3, 0.4) is 0 Å². The number of rotatable bonds is 7. The summed E-state index contributed by atoms with van der Waals surface area (Å²) in [5, 5.41) is 22.0. The lowest BCUT2D eigenvalue weighted by atomic mass is 9.94. The molecule has 1 aromatic carbocycles. The van der Waals surface area contributed by atoms with Crippen LogP contribution in [0.15, 0.2) is 21.9 Å². The van der Waals surface area contributed by atoms with Crippen molar-refractivity contribution in [1.29, 1.82) is 0 Å². The number of hydrogen-bond acceptors (Lipinski definition) is 10. The second-order valence-electron chi connectivity index (χ2n) is 8.12. The summed E-state index contributed by atoms with van der Waals surface area (Å²) >= 11 is 0. The Morgan fingerprint density at radius 2 is 2.03 bits per heavy atom.